The first-order valence-corrected chi connectivity index (χ1v) is 7.68. The molecule has 0 aromatic carbocycles. The Bertz CT molecular complexity index is 452. The summed E-state index contributed by atoms with van der Waals surface area (Å²) in [7, 11) is 0. The van der Waals surface area contributed by atoms with E-state index in [9.17, 15) is 14.7 Å². The average Bonchev–Trinajstić information content (AvgIpc) is 2.76. The van der Waals surface area contributed by atoms with Crippen LogP contribution in [0.2, 0.25) is 0 Å². The van der Waals surface area contributed by atoms with E-state index in [4.69, 9.17) is 0 Å². The fraction of sp³-hybridized carbons (Fsp3) is 0.875. The Balaban J connectivity index is 2.02. The lowest BCUT2D eigenvalue weighted by Crippen LogP contribution is -2.62. The number of rotatable bonds is 3. The Morgan fingerprint density at radius 1 is 1.00 bits per heavy atom. The molecule has 1 saturated heterocycles. The number of carbonyl (C=O) groups excluding carboxylic acids is 1. The van der Waals surface area contributed by atoms with E-state index in [1.54, 1.807) is 0 Å². The van der Waals surface area contributed by atoms with Crippen molar-refractivity contribution in [1.82, 2.24) is 10.6 Å². The van der Waals surface area contributed by atoms with Crippen molar-refractivity contribution < 1.29 is 14.7 Å². The molecule has 0 bridgehead atoms. The van der Waals surface area contributed by atoms with Gasteiger partial charge < -0.3 is 15.7 Å². The van der Waals surface area contributed by atoms with Crippen molar-refractivity contribution in [3.63, 3.8) is 0 Å². The molecule has 2 unspecified atom stereocenters. The molecule has 5 nitrogen and oxygen atoms in total. The van der Waals surface area contributed by atoms with E-state index < -0.39 is 23.2 Å². The number of carbonyl (C=O) groups is 2. The van der Waals surface area contributed by atoms with Gasteiger partial charge in [-0.1, -0.05) is 13.8 Å². The third-order valence-electron chi connectivity index (χ3n) is 4.91. The molecule has 120 valence electrons. The molecule has 1 saturated carbocycles. The van der Waals surface area contributed by atoms with Crippen LogP contribution in [0.15, 0.2) is 0 Å². The summed E-state index contributed by atoms with van der Waals surface area (Å²) in [6.07, 6.45) is 1.71. The van der Waals surface area contributed by atoms with Gasteiger partial charge >= 0.3 is 5.97 Å². The third-order valence-corrected chi connectivity index (χ3v) is 4.91. The molecule has 5 heteroatoms. The predicted octanol–water partition coefficient (Wildman–Crippen LogP) is 1.77. The minimum absolute atomic E-state index is 0.0367. The van der Waals surface area contributed by atoms with Gasteiger partial charge in [-0.15, -0.1) is 0 Å². The second-order valence-electron chi connectivity index (χ2n) is 8.62. The van der Waals surface area contributed by atoms with Gasteiger partial charge in [0, 0.05) is 17.1 Å². The van der Waals surface area contributed by atoms with Crippen LogP contribution in [0.4, 0.5) is 0 Å². The molecule has 2 atom stereocenters. The van der Waals surface area contributed by atoms with Gasteiger partial charge in [-0.25, -0.2) is 0 Å². The van der Waals surface area contributed by atoms with Gasteiger partial charge in [-0.2, -0.15) is 0 Å². The molecule has 1 aliphatic heterocycles. The highest BCUT2D eigenvalue weighted by molar-refractivity contribution is 5.91. The van der Waals surface area contributed by atoms with Crippen LogP contribution in [0.3, 0.4) is 0 Å². The number of hydrogen-bond acceptors (Lipinski definition) is 3. The molecule has 0 aromatic rings. The molecule has 1 heterocycles. The number of aliphatic carboxylic acids is 1. The van der Waals surface area contributed by atoms with Crippen LogP contribution in [0.5, 0.6) is 0 Å². The lowest BCUT2D eigenvalue weighted by atomic mass is 9.79. The normalized spacial score (nSPS) is 33.2. The largest absolute Gasteiger partial charge is 0.481 e. The second-order valence-corrected chi connectivity index (χ2v) is 8.62. The fourth-order valence-corrected chi connectivity index (χ4v) is 4.30. The van der Waals surface area contributed by atoms with E-state index in [0.29, 0.717) is 0 Å². The lowest BCUT2D eigenvalue weighted by Gasteiger charge is -2.46. The average molecular weight is 296 g/mol. The quantitative estimate of drug-likeness (QED) is 0.741. The topological polar surface area (TPSA) is 78.4 Å². The summed E-state index contributed by atoms with van der Waals surface area (Å²) in [4.78, 5) is 23.6. The lowest BCUT2D eigenvalue weighted by molar-refractivity contribution is -0.140. The Morgan fingerprint density at radius 2 is 1.48 bits per heavy atom. The Labute approximate surface area is 126 Å². The number of hydrogen-bond donors (Lipinski definition) is 3. The number of carboxylic acid groups (broad SMARTS) is 1. The fourth-order valence-electron chi connectivity index (χ4n) is 4.30. The van der Waals surface area contributed by atoms with Crippen molar-refractivity contribution in [3.05, 3.63) is 0 Å². The van der Waals surface area contributed by atoms with Crippen molar-refractivity contribution in [3.8, 4) is 0 Å². The Hall–Kier alpha value is -1.10. The zero-order chi connectivity index (χ0) is 16.2. The summed E-state index contributed by atoms with van der Waals surface area (Å²) in [5.41, 5.74) is -0.510. The van der Waals surface area contributed by atoms with Crippen molar-refractivity contribution in [2.24, 2.45) is 17.3 Å². The molecule has 2 fully saturated rings. The summed E-state index contributed by atoms with van der Waals surface area (Å²) in [6.45, 7) is 12.2. The summed E-state index contributed by atoms with van der Waals surface area (Å²) in [6, 6.07) is 0.0922. The molecule has 0 spiro atoms. The van der Waals surface area contributed by atoms with Gasteiger partial charge in [0.2, 0.25) is 5.91 Å². The van der Waals surface area contributed by atoms with Gasteiger partial charge in [0.1, 0.15) is 0 Å². The molecular formula is C16H28N2O3. The zero-order valence-corrected chi connectivity index (χ0v) is 13.9. The van der Waals surface area contributed by atoms with E-state index in [1.165, 1.54) is 0 Å². The molecule has 1 aliphatic carbocycles. The molecular weight excluding hydrogens is 268 g/mol. The highest BCUT2D eigenvalue weighted by atomic mass is 16.4. The van der Waals surface area contributed by atoms with Crippen LogP contribution in [0, 0.1) is 17.3 Å². The van der Waals surface area contributed by atoms with E-state index in [-0.39, 0.29) is 23.0 Å². The number of carboxylic acids is 1. The van der Waals surface area contributed by atoms with E-state index in [0.717, 1.165) is 12.8 Å². The van der Waals surface area contributed by atoms with Crippen molar-refractivity contribution in [1.29, 1.82) is 0 Å². The third kappa shape index (κ3) is 3.23. The number of amides is 1. The maximum atomic E-state index is 12.4. The van der Waals surface area contributed by atoms with Crippen LogP contribution >= 0.6 is 0 Å². The van der Waals surface area contributed by atoms with Crippen LogP contribution in [0.1, 0.15) is 54.4 Å². The maximum absolute atomic E-state index is 12.4. The smallest absolute Gasteiger partial charge is 0.307 e. The van der Waals surface area contributed by atoms with Crippen molar-refractivity contribution in [2.75, 3.05) is 0 Å². The van der Waals surface area contributed by atoms with Crippen molar-refractivity contribution in [2.45, 2.75) is 71.5 Å². The molecule has 0 radical (unpaired) electrons. The molecule has 2 aliphatic rings. The van der Waals surface area contributed by atoms with Gasteiger partial charge in [-0.05, 0) is 46.0 Å². The highest BCUT2D eigenvalue weighted by Crippen LogP contribution is 2.58. The van der Waals surface area contributed by atoms with Crippen molar-refractivity contribution >= 4 is 11.9 Å². The first kappa shape index (κ1) is 16.3. The van der Waals surface area contributed by atoms with E-state index >= 15 is 0 Å². The first-order valence-electron chi connectivity index (χ1n) is 7.68. The highest BCUT2D eigenvalue weighted by Gasteiger charge is 2.66. The first-order chi connectivity index (χ1) is 9.36. The van der Waals surface area contributed by atoms with Crippen LogP contribution in [0.25, 0.3) is 0 Å². The predicted molar refractivity (Wildman–Crippen MR) is 80.9 cm³/mol. The van der Waals surface area contributed by atoms with Crippen LogP contribution < -0.4 is 10.6 Å². The molecule has 0 aromatic heterocycles. The monoisotopic (exact) mass is 296 g/mol. The summed E-state index contributed by atoms with van der Waals surface area (Å²) < 4.78 is 0. The van der Waals surface area contributed by atoms with E-state index in [2.05, 4.69) is 38.3 Å². The summed E-state index contributed by atoms with van der Waals surface area (Å²) >= 11 is 0. The van der Waals surface area contributed by atoms with Gasteiger partial charge in [0.05, 0.1) is 11.8 Å². The zero-order valence-electron chi connectivity index (χ0n) is 13.9. The van der Waals surface area contributed by atoms with Crippen LogP contribution in [-0.4, -0.2) is 34.1 Å². The Kier molecular flexibility index (Phi) is 3.64. The molecule has 1 amide bonds. The molecule has 21 heavy (non-hydrogen) atoms. The number of nitrogens with one attached hydrogen (secondary N) is 2. The minimum Gasteiger partial charge on any atom is -0.481 e. The summed E-state index contributed by atoms with van der Waals surface area (Å²) in [5.74, 6) is -1.94. The SMILES string of the molecule is CC1(C)CC(NC(=O)C2C(C(=O)O)C2(C)C)CC(C)(C)N1. The standard InChI is InChI=1S/C16H28N2O3/c1-14(2)7-9(8-15(3,4)18-14)17-12(19)10-11(13(20)21)16(10,5)6/h9-11,18H,7-8H2,1-6H3,(H,17,19)(H,20,21). The van der Waals surface area contributed by atoms with Gasteiger partial charge in [0.15, 0.2) is 0 Å². The molecule has 2 rings (SSSR count). The van der Waals surface area contributed by atoms with E-state index in [1.807, 2.05) is 13.8 Å². The number of piperidine rings is 1. The Morgan fingerprint density at radius 3 is 1.86 bits per heavy atom. The maximum Gasteiger partial charge on any atom is 0.307 e. The second kappa shape index (κ2) is 4.70. The molecule has 3 N–H and O–H groups in total. The van der Waals surface area contributed by atoms with Gasteiger partial charge in [-0.3, -0.25) is 9.59 Å². The summed E-state index contributed by atoms with van der Waals surface area (Å²) in [5, 5.41) is 15.9. The van der Waals surface area contributed by atoms with Crippen LogP contribution in [-0.2, 0) is 9.59 Å². The minimum atomic E-state index is -0.869. The van der Waals surface area contributed by atoms with Gasteiger partial charge in [0.25, 0.3) is 0 Å².